The average molecular weight is 227 g/mol. The Balaban J connectivity index is 2.42. The van der Waals surface area contributed by atoms with E-state index in [1.807, 2.05) is 6.07 Å². The first-order valence-corrected chi connectivity index (χ1v) is 5.72. The lowest BCUT2D eigenvalue weighted by Gasteiger charge is -2.23. The predicted molar refractivity (Wildman–Crippen MR) is 65.0 cm³/mol. The van der Waals surface area contributed by atoms with Crippen molar-refractivity contribution < 1.29 is 0 Å². The molecule has 0 atom stereocenters. The van der Waals surface area contributed by atoms with Gasteiger partial charge in [-0.3, -0.25) is 4.98 Å². The first-order chi connectivity index (χ1) is 7.05. The summed E-state index contributed by atoms with van der Waals surface area (Å²) in [6, 6.07) is 1.95. The monoisotopic (exact) mass is 226 g/mol. The van der Waals surface area contributed by atoms with Gasteiger partial charge in [0.25, 0.3) is 0 Å². The van der Waals surface area contributed by atoms with Crippen molar-refractivity contribution in [3.8, 4) is 0 Å². The Kier molecular flexibility index (Phi) is 4.55. The summed E-state index contributed by atoms with van der Waals surface area (Å²) in [4.78, 5) is 3.96. The van der Waals surface area contributed by atoms with E-state index in [0.717, 1.165) is 23.7 Å². The van der Waals surface area contributed by atoms with Gasteiger partial charge in [0, 0.05) is 25.5 Å². The van der Waals surface area contributed by atoms with Crippen LogP contribution < -0.4 is 5.32 Å². The Labute approximate surface area is 97.1 Å². The van der Waals surface area contributed by atoms with Crippen molar-refractivity contribution in [3.63, 3.8) is 0 Å². The number of aromatic nitrogens is 1. The maximum absolute atomic E-state index is 6.01. The highest BCUT2D eigenvalue weighted by Gasteiger charge is 2.13. The molecular formula is C12H19ClN2. The topological polar surface area (TPSA) is 24.9 Å². The van der Waals surface area contributed by atoms with E-state index in [2.05, 4.69) is 31.1 Å². The molecule has 1 heterocycles. The summed E-state index contributed by atoms with van der Waals surface area (Å²) in [6.45, 7) is 8.54. The molecule has 1 rings (SSSR count). The van der Waals surface area contributed by atoms with E-state index in [-0.39, 0.29) is 0 Å². The van der Waals surface area contributed by atoms with Gasteiger partial charge in [-0.25, -0.2) is 0 Å². The second-order valence-corrected chi connectivity index (χ2v) is 5.00. The number of hydrogen-bond acceptors (Lipinski definition) is 2. The van der Waals surface area contributed by atoms with E-state index in [1.54, 1.807) is 12.4 Å². The normalized spacial score (nSPS) is 11.7. The van der Waals surface area contributed by atoms with Gasteiger partial charge in [-0.2, -0.15) is 0 Å². The SMILES string of the molecule is CCC(C)(C)CNCc1ccncc1Cl. The summed E-state index contributed by atoms with van der Waals surface area (Å²) >= 11 is 6.01. The fourth-order valence-electron chi connectivity index (χ4n) is 1.21. The zero-order valence-corrected chi connectivity index (χ0v) is 10.4. The molecule has 0 aliphatic rings. The second-order valence-electron chi connectivity index (χ2n) is 4.59. The average Bonchev–Trinajstić information content (AvgIpc) is 2.21. The highest BCUT2D eigenvalue weighted by molar-refractivity contribution is 6.31. The molecule has 0 aliphatic heterocycles. The van der Waals surface area contributed by atoms with Crippen LogP contribution in [0, 0.1) is 5.41 Å². The van der Waals surface area contributed by atoms with Crippen LogP contribution in [-0.2, 0) is 6.54 Å². The molecule has 1 aromatic rings. The standard InChI is InChI=1S/C12H19ClN2/c1-4-12(2,3)9-15-7-10-5-6-14-8-11(10)13/h5-6,8,15H,4,7,9H2,1-3H3. The molecule has 0 spiro atoms. The molecule has 3 heteroatoms. The third-order valence-electron chi connectivity index (χ3n) is 2.73. The van der Waals surface area contributed by atoms with Gasteiger partial charge in [0.2, 0.25) is 0 Å². The molecule has 2 nitrogen and oxygen atoms in total. The van der Waals surface area contributed by atoms with E-state index in [4.69, 9.17) is 11.6 Å². The number of nitrogens with zero attached hydrogens (tertiary/aromatic N) is 1. The van der Waals surface area contributed by atoms with Crippen LogP contribution in [-0.4, -0.2) is 11.5 Å². The van der Waals surface area contributed by atoms with Crippen molar-refractivity contribution in [3.05, 3.63) is 29.0 Å². The van der Waals surface area contributed by atoms with Crippen molar-refractivity contribution in [1.82, 2.24) is 10.3 Å². The van der Waals surface area contributed by atoms with Gasteiger partial charge in [-0.1, -0.05) is 32.4 Å². The quantitative estimate of drug-likeness (QED) is 0.834. The molecule has 0 radical (unpaired) electrons. The maximum Gasteiger partial charge on any atom is 0.0634 e. The van der Waals surface area contributed by atoms with E-state index in [9.17, 15) is 0 Å². The number of hydrogen-bond donors (Lipinski definition) is 1. The van der Waals surface area contributed by atoms with Crippen LogP contribution in [0.3, 0.4) is 0 Å². The smallest absolute Gasteiger partial charge is 0.0634 e. The van der Waals surface area contributed by atoms with Gasteiger partial charge in [0.05, 0.1) is 5.02 Å². The molecule has 1 N–H and O–H groups in total. The lowest BCUT2D eigenvalue weighted by molar-refractivity contribution is 0.327. The van der Waals surface area contributed by atoms with Crippen molar-refractivity contribution in [2.45, 2.75) is 33.7 Å². The first-order valence-electron chi connectivity index (χ1n) is 5.34. The summed E-state index contributed by atoms with van der Waals surface area (Å²) in [5.41, 5.74) is 1.46. The summed E-state index contributed by atoms with van der Waals surface area (Å²) < 4.78 is 0. The van der Waals surface area contributed by atoms with Gasteiger partial charge in [0.1, 0.15) is 0 Å². The van der Waals surface area contributed by atoms with Crippen molar-refractivity contribution in [2.75, 3.05) is 6.54 Å². The summed E-state index contributed by atoms with van der Waals surface area (Å²) in [7, 11) is 0. The summed E-state index contributed by atoms with van der Waals surface area (Å²) in [6.07, 6.45) is 4.63. The van der Waals surface area contributed by atoms with Crippen LogP contribution in [0.2, 0.25) is 5.02 Å². The molecule has 15 heavy (non-hydrogen) atoms. The van der Waals surface area contributed by atoms with Gasteiger partial charge in [-0.05, 0) is 23.5 Å². The summed E-state index contributed by atoms with van der Waals surface area (Å²) in [5, 5.41) is 4.16. The van der Waals surface area contributed by atoms with Crippen molar-refractivity contribution >= 4 is 11.6 Å². The van der Waals surface area contributed by atoms with Crippen LogP contribution in [0.1, 0.15) is 32.8 Å². The van der Waals surface area contributed by atoms with Crippen LogP contribution in [0.15, 0.2) is 18.5 Å². The first kappa shape index (κ1) is 12.5. The molecule has 0 unspecified atom stereocenters. The number of nitrogens with one attached hydrogen (secondary N) is 1. The van der Waals surface area contributed by atoms with Crippen LogP contribution in [0.5, 0.6) is 0 Å². The Morgan fingerprint density at radius 3 is 2.80 bits per heavy atom. The number of halogens is 1. The van der Waals surface area contributed by atoms with Gasteiger partial charge < -0.3 is 5.32 Å². The van der Waals surface area contributed by atoms with Gasteiger partial charge in [-0.15, -0.1) is 0 Å². The third-order valence-corrected chi connectivity index (χ3v) is 3.07. The van der Waals surface area contributed by atoms with E-state index in [1.165, 1.54) is 6.42 Å². The molecule has 0 fully saturated rings. The minimum Gasteiger partial charge on any atom is -0.312 e. The number of rotatable bonds is 5. The van der Waals surface area contributed by atoms with Crippen LogP contribution in [0.25, 0.3) is 0 Å². The van der Waals surface area contributed by atoms with Crippen LogP contribution in [0.4, 0.5) is 0 Å². The molecule has 84 valence electrons. The Bertz CT molecular complexity index is 310. The van der Waals surface area contributed by atoms with E-state index in [0.29, 0.717) is 5.41 Å². The molecule has 0 saturated heterocycles. The Morgan fingerprint density at radius 1 is 1.47 bits per heavy atom. The fraction of sp³-hybridized carbons (Fsp3) is 0.583. The van der Waals surface area contributed by atoms with Crippen molar-refractivity contribution in [1.29, 1.82) is 0 Å². The minimum atomic E-state index is 0.347. The third kappa shape index (κ3) is 4.18. The fourth-order valence-corrected chi connectivity index (χ4v) is 1.39. The lowest BCUT2D eigenvalue weighted by Crippen LogP contribution is -2.28. The number of pyridine rings is 1. The Hall–Kier alpha value is -0.600. The highest BCUT2D eigenvalue weighted by atomic mass is 35.5. The van der Waals surface area contributed by atoms with Crippen LogP contribution >= 0.6 is 11.6 Å². The minimum absolute atomic E-state index is 0.347. The predicted octanol–water partition coefficient (Wildman–Crippen LogP) is 3.26. The zero-order valence-electron chi connectivity index (χ0n) is 9.68. The zero-order chi connectivity index (χ0) is 11.3. The molecule has 0 aliphatic carbocycles. The Morgan fingerprint density at radius 2 is 2.20 bits per heavy atom. The largest absolute Gasteiger partial charge is 0.312 e. The molecule has 0 bridgehead atoms. The summed E-state index contributed by atoms with van der Waals surface area (Å²) in [5.74, 6) is 0. The molecular weight excluding hydrogens is 208 g/mol. The lowest BCUT2D eigenvalue weighted by atomic mass is 9.90. The molecule has 0 saturated carbocycles. The van der Waals surface area contributed by atoms with Gasteiger partial charge in [0.15, 0.2) is 0 Å². The molecule has 0 amide bonds. The van der Waals surface area contributed by atoms with Crippen molar-refractivity contribution in [2.24, 2.45) is 5.41 Å². The van der Waals surface area contributed by atoms with E-state index >= 15 is 0 Å². The molecule has 0 aromatic carbocycles. The second kappa shape index (κ2) is 5.47. The highest BCUT2D eigenvalue weighted by Crippen LogP contribution is 2.18. The van der Waals surface area contributed by atoms with E-state index < -0.39 is 0 Å². The van der Waals surface area contributed by atoms with Gasteiger partial charge >= 0.3 is 0 Å². The maximum atomic E-state index is 6.01. The molecule has 1 aromatic heterocycles.